The van der Waals surface area contributed by atoms with Crippen LogP contribution in [0.3, 0.4) is 0 Å². The summed E-state index contributed by atoms with van der Waals surface area (Å²) in [5, 5.41) is 4.55. The van der Waals surface area contributed by atoms with Gasteiger partial charge >= 0.3 is 0 Å². The number of benzene rings is 1. The molecule has 0 N–H and O–H groups in total. The zero-order valence-corrected chi connectivity index (χ0v) is 18.4. The highest BCUT2D eigenvalue weighted by Crippen LogP contribution is 2.64. The van der Waals surface area contributed by atoms with Gasteiger partial charge in [-0.1, -0.05) is 12.1 Å². The Balaban J connectivity index is 1.28. The molecule has 5 fully saturated rings. The second-order valence-electron chi connectivity index (χ2n) is 10.5. The maximum absolute atomic E-state index is 14.2. The van der Waals surface area contributed by atoms with Crippen molar-refractivity contribution in [1.82, 2.24) is 19.7 Å². The van der Waals surface area contributed by atoms with Crippen LogP contribution in [-0.2, 0) is 16.9 Å². The lowest BCUT2D eigenvalue weighted by Gasteiger charge is -2.61. The molecule has 31 heavy (non-hydrogen) atoms. The number of aromatic nitrogens is 3. The van der Waals surface area contributed by atoms with Gasteiger partial charge in [-0.2, -0.15) is 5.10 Å². The molecule has 1 amide bonds. The number of rotatable bonds is 7. The first-order valence-corrected chi connectivity index (χ1v) is 12.0. The van der Waals surface area contributed by atoms with Crippen LogP contribution in [0.15, 0.2) is 36.9 Å². The molecule has 0 spiro atoms. The SMILES string of the molecule is CCOc1ccc(CN(C(=O)C23C[C@H]4C[C@@H](C2)CC(n2cncn2)(C4)C3)C2CC2)cc1. The summed E-state index contributed by atoms with van der Waals surface area (Å²) in [7, 11) is 0. The van der Waals surface area contributed by atoms with Crippen LogP contribution < -0.4 is 4.74 Å². The lowest BCUT2D eigenvalue weighted by Crippen LogP contribution is -2.61. The van der Waals surface area contributed by atoms with Crippen LogP contribution >= 0.6 is 0 Å². The topological polar surface area (TPSA) is 60.2 Å². The van der Waals surface area contributed by atoms with Crippen LogP contribution in [0.2, 0.25) is 0 Å². The summed E-state index contributed by atoms with van der Waals surface area (Å²) in [5.74, 6) is 2.58. The molecule has 2 aromatic rings. The minimum atomic E-state index is -0.218. The van der Waals surface area contributed by atoms with E-state index in [4.69, 9.17) is 4.74 Å². The largest absolute Gasteiger partial charge is 0.494 e. The molecule has 2 unspecified atom stereocenters. The van der Waals surface area contributed by atoms with Crippen molar-refractivity contribution in [3.8, 4) is 5.75 Å². The maximum atomic E-state index is 14.2. The van der Waals surface area contributed by atoms with Gasteiger partial charge in [-0.3, -0.25) is 4.79 Å². The first kappa shape index (κ1) is 19.3. The van der Waals surface area contributed by atoms with Gasteiger partial charge in [-0.05, 0) is 87.8 Å². The standard InChI is InChI=1S/C25H32N4O2/c1-2-31-22-7-3-18(4-8-22)14-28(21-5-6-21)23(30)24-10-19-9-20(11-24)13-25(12-19,15-24)29-17-26-16-27-29/h3-4,7-8,16-17,19-21H,2,5-6,9-15H2,1H3/t19-,20+,24?,25?. The Bertz CT molecular complexity index is 936. The zero-order valence-electron chi connectivity index (χ0n) is 18.4. The monoisotopic (exact) mass is 420 g/mol. The van der Waals surface area contributed by atoms with E-state index in [9.17, 15) is 4.79 Å². The van der Waals surface area contributed by atoms with E-state index in [0.717, 1.165) is 50.7 Å². The predicted molar refractivity (Wildman–Crippen MR) is 116 cm³/mol. The van der Waals surface area contributed by atoms with E-state index in [0.29, 0.717) is 36.9 Å². The van der Waals surface area contributed by atoms with Crippen molar-refractivity contribution in [2.75, 3.05) is 6.61 Å². The molecule has 7 rings (SSSR count). The number of carbonyl (C=O) groups is 1. The summed E-state index contributed by atoms with van der Waals surface area (Å²) in [6.45, 7) is 3.38. The van der Waals surface area contributed by atoms with E-state index in [2.05, 4.69) is 31.8 Å². The molecule has 6 nitrogen and oxygen atoms in total. The second kappa shape index (κ2) is 7.07. The van der Waals surface area contributed by atoms with E-state index in [1.165, 1.54) is 12.0 Å². The number of carbonyl (C=O) groups excluding carboxylic acids is 1. The van der Waals surface area contributed by atoms with Crippen LogP contribution in [0.1, 0.15) is 63.9 Å². The minimum Gasteiger partial charge on any atom is -0.494 e. The molecule has 1 heterocycles. The van der Waals surface area contributed by atoms with Crippen molar-refractivity contribution < 1.29 is 9.53 Å². The lowest BCUT2D eigenvalue weighted by molar-refractivity contribution is -0.168. The molecule has 1 aromatic heterocycles. The summed E-state index contributed by atoms with van der Waals surface area (Å²) in [6.07, 6.45) is 12.5. The normalized spacial score (nSPS) is 33.5. The summed E-state index contributed by atoms with van der Waals surface area (Å²) in [4.78, 5) is 20.7. The van der Waals surface area contributed by atoms with E-state index >= 15 is 0 Å². The third kappa shape index (κ3) is 3.26. The Labute approximate surface area is 184 Å². The predicted octanol–water partition coefficient (Wildman–Crippen LogP) is 4.16. The highest BCUT2D eigenvalue weighted by molar-refractivity contribution is 5.84. The Kier molecular flexibility index (Phi) is 4.41. The number of hydrogen-bond donors (Lipinski definition) is 0. The van der Waals surface area contributed by atoms with Crippen LogP contribution in [-0.4, -0.2) is 38.2 Å². The Morgan fingerprint density at radius 3 is 2.52 bits per heavy atom. The van der Waals surface area contributed by atoms with Crippen molar-refractivity contribution >= 4 is 5.91 Å². The van der Waals surface area contributed by atoms with Gasteiger partial charge in [0.05, 0.1) is 17.6 Å². The molecule has 0 saturated heterocycles. The van der Waals surface area contributed by atoms with Gasteiger partial charge in [-0.25, -0.2) is 9.67 Å². The molecular weight excluding hydrogens is 388 g/mol. The molecule has 5 aliphatic carbocycles. The van der Waals surface area contributed by atoms with Crippen molar-refractivity contribution in [3.05, 3.63) is 42.5 Å². The quantitative estimate of drug-likeness (QED) is 0.675. The summed E-state index contributed by atoms with van der Waals surface area (Å²) < 4.78 is 7.69. The van der Waals surface area contributed by atoms with Crippen LogP contribution in [0, 0.1) is 17.3 Å². The zero-order chi connectivity index (χ0) is 21.1. The van der Waals surface area contributed by atoms with Crippen molar-refractivity contribution in [3.63, 3.8) is 0 Å². The molecule has 5 saturated carbocycles. The van der Waals surface area contributed by atoms with E-state index in [1.54, 1.807) is 6.33 Å². The maximum Gasteiger partial charge on any atom is 0.229 e. The number of nitrogens with zero attached hydrogens (tertiary/aromatic N) is 4. The van der Waals surface area contributed by atoms with E-state index in [-0.39, 0.29) is 11.0 Å². The molecule has 1 aromatic carbocycles. The first-order valence-electron chi connectivity index (χ1n) is 12.0. The van der Waals surface area contributed by atoms with Crippen LogP contribution in [0.4, 0.5) is 0 Å². The van der Waals surface area contributed by atoms with Crippen LogP contribution in [0.25, 0.3) is 0 Å². The highest BCUT2D eigenvalue weighted by atomic mass is 16.5. The van der Waals surface area contributed by atoms with Gasteiger partial charge in [0.2, 0.25) is 5.91 Å². The summed E-state index contributed by atoms with van der Waals surface area (Å²) >= 11 is 0. The summed E-state index contributed by atoms with van der Waals surface area (Å²) in [6, 6.07) is 8.70. The van der Waals surface area contributed by atoms with Crippen molar-refractivity contribution in [2.24, 2.45) is 17.3 Å². The fourth-order valence-electron chi connectivity index (χ4n) is 7.30. The van der Waals surface area contributed by atoms with Gasteiger partial charge < -0.3 is 9.64 Å². The molecule has 6 heteroatoms. The first-order chi connectivity index (χ1) is 15.1. The van der Waals surface area contributed by atoms with Crippen molar-refractivity contribution in [2.45, 2.75) is 76.4 Å². The average molecular weight is 421 g/mol. The van der Waals surface area contributed by atoms with Crippen molar-refractivity contribution in [1.29, 1.82) is 0 Å². The molecule has 4 atom stereocenters. The highest BCUT2D eigenvalue weighted by Gasteiger charge is 2.62. The van der Waals surface area contributed by atoms with Gasteiger partial charge in [0.25, 0.3) is 0 Å². The number of hydrogen-bond acceptors (Lipinski definition) is 4. The Morgan fingerprint density at radius 2 is 1.90 bits per heavy atom. The Hall–Kier alpha value is -2.37. The van der Waals surface area contributed by atoms with Gasteiger partial charge in [0.15, 0.2) is 0 Å². The fourth-order valence-corrected chi connectivity index (χ4v) is 7.30. The molecule has 0 radical (unpaired) electrons. The minimum absolute atomic E-state index is 0.00932. The second-order valence-corrected chi connectivity index (χ2v) is 10.5. The van der Waals surface area contributed by atoms with Gasteiger partial charge in [-0.15, -0.1) is 0 Å². The number of ether oxygens (including phenoxy) is 1. The molecule has 0 aliphatic heterocycles. The fraction of sp³-hybridized carbons (Fsp3) is 0.640. The third-order valence-electron chi connectivity index (χ3n) is 8.22. The summed E-state index contributed by atoms with van der Waals surface area (Å²) in [5.41, 5.74) is 0.966. The van der Waals surface area contributed by atoms with Gasteiger partial charge in [0, 0.05) is 12.6 Å². The smallest absolute Gasteiger partial charge is 0.229 e. The van der Waals surface area contributed by atoms with Gasteiger partial charge in [0.1, 0.15) is 18.4 Å². The lowest BCUT2D eigenvalue weighted by atomic mass is 9.46. The third-order valence-corrected chi connectivity index (χ3v) is 8.22. The molecule has 4 bridgehead atoms. The molecule has 164 valence electrons. The van der Waals surface area contributed by atoms with Crippen LogP contribution in [0.5, 0.6) is 5.75 Å². The Morgan fingerprint density at radius 1 is 1.16 bits per heavy atom. The number of amides is 1. The van der Waals surface area contributed by atoms with E-state index < -0.39 is 0 Å². The molecular formula is C25H32N4O2. The average Bonchev–Trinajstić information content (AvgIpc) is 3.43. The van der Waals surface area contributed by atoms with E-state index in [1.807, 2.05) is 25.4 Å². The molecule has 5 aliphatic rings.